The minimum atomic E-state index is -4.61. The fourth-order valence-corrected chi connectivity index (χ4v) is 0. The summed E-state index contributed by atoms with van der Waals surface area (Å²) in [6, 6.07) is 0. The molecule has 1 atom stereocenters. The molecule has 0 heterocycles. The van der Waals surface area contributed by atoms with E-state index in [1.807, 2.05) is 0 Å². The molecule has 0 rings (SSSR count). The first-order chi connectivity index (χ1) is 4.27. The van der Waals surface area contributed by atoms with Crippen molar-refractivity contribution in [1.82, 2.24) is 0 Å². The van der Waals surface area contributed by atoms with Gasteiger partial charge in [0.2, 0.25) is 0 Å². The maximum atomic E-state index is 7.33. The maximum absolute atomic E-state index is 7.33. The fourth-order valence-electron chi connectivity index (χ4n) is 0. The monoisotopic (exact) mass is 177 g/mol. The van der Waals surface area contributed by atoms with Crippen molar-refractivity contribution in [3.63, 3.8) is 0 Å². The van der Waals surface area contributed by atoms with Crippen LogP contribution in [0.25, 0.3) is 0 Å². The second-order valence-corrected chi connectivity index (χ2v) is 4.67. The Morgan fingerprint density at radius 2 is 1.50 bits per heavy atom. The van der Waals surface area contributed by atoms with Gasteiger partial charge in [0.25, 0.3) is 0 Å². The molecule has 0 bridgehead atoms. The largest absolute Gasteiger partial charge is 0.668 e. The van der Waals surface area contributed by atoms with Crippen molar-refractivity contribution in [3.8, 4) is 0 Å². The standard InChI is InChI=1S/C3H8N.Na.H4O4Si/c1-2-3-4;;1-5(2,3)4/h3H,2,4H2,1H3;;1-4H. The van der Waals surface area contributed by atoms with Crippen LogP contribution in [0, 0.1) is 0 Å². The van der Waals surface area contributed by atoms with E-state index in [0.29, 0.717) is 3.29 Å². The van der Waals surface area contributed by atoms with Gasteiger partial charge in [0.05, 0.1) is 0 Å². The summed E-state index contributed by atoms with van der Waals surface area (Å²) in [6.45, 7) is 2.11. The summed E-state index contributed by atoms with van der Waals surface area (Å²) in [5, 5.41) is 0. The van der Waals surface area contributed by atoms with Gasteiger partial charge in [-0.2, -0.15) is 0 Å². The molecule has 6 N–H and O–H groups in total. The molecule has 0 saturated heterocycles. The molecule has 10 heavy (non-hydrogen) atoms. The Balaban J connectivity index is 0. The van der Waals surface area contributed by atoms with E-state index in [4.69, 9.17) is 24.9 Å². The smallest absolute Gasteiger partial charge is 0.368 e. The molecule has 0 aromatic rings. The average molecular weight is 177 g/mol. The number of hydrogen-bond acceptors (Lipinski definition) is 5. The van der Waals surface area contributed by atoms with E-state index in [1.54, 1.807) is 0 Å². The number of nitrogens with two attached hydrogens (primary N) is 1. The minimum absolute atomic E-state index is 0.523. The first-order valence-corrected chi connectivity index (χ1v) is 5.86. The Morgan fingerprint density at radius 3 is 1.50 bits per heavy atom. The molecule has 5 nitrogen and oxygen atoms in total. The van der Waals surface area contributed by atoms with Crippen LogP contribution in [0.4, 0.5) is 0 Å². The van der Waals surface area contributed by atoms with Crippen LogP contribution >= 0.6 is 0 Å². The molecule has 0 saturated carbocycles. The molecule has 0 amide bonds. The van der Waals surface area contributed by atoms with Crippen LogP contribution in [0.1, 0.15) is 13.3 Å². The van der Waals surface area contributed by atoms with Crippen LogP contribution in [-0.4, -0.2) is 59.5 Å². The SMILES string of the molecule is CC[CH](N)[Na].O[Si](O)(O)O. The van der Waals surface area contributed by atoms with Crippen LogP contribution in [0.15, 0.2) is 0 Å². The molecule has 1 unspecified atom stereocenters. The summed E-state index contributed by atoms with van der Waals surface area (Å²) in [4.78, 5) is 29.3. The molecule has 7 heteroatoms. The van der Waals surface area contributed by atoms with E-state index in [1.165, 1.54) is 0 Å². The first kappa shape index (κ1) is 13.6. The van der Waals surface area contributed by atoms with Gasteiger partial charge in [-0.05, 0) is 0 Å². The van der Waals surface area contributed by atoms with Crippen molar-refractivity contribution in [2.24, 2.45) is 5.73 Å². The van der Waals surface area contributed by atoms with Gasteiger partial charge in [-0.15, -0.1) is 0 Å². The van der Waals surface area contributed by atoms with Crippen molar-refractivity contribution < 1.29 is 19.2 Å². The normalized spacial score (nSPS) is 13.6. The molecule has 0 aliphatic heterocycles. The summed E-state index contributed by atoms with van der Waals surface area (Å²) >= 11 is 1.15. The second kappa shape index (κ2) is 6.71. The van der Waals surface area contributed by atoms with Gasteiger partial charge in [-0.1, -0.05) is 0 Å². The van der Waals surface area contributed by atoms with Crippen LogP contribution in [0.3, 0.4) is 0 Å². The van der Waals surface area contributed by atoms with Gasteiger partial charge >= 0.3 is 59.3 Å². The minimum Gasteiger partial charge on any atom is -0.368 e. The summed E-state index contributed by atoms with van der Waals surface area (Å²) in [5.74, 6) is 0. The van der Waals surface area contributed by atoms with Crippen molar-refractivity contribution in [2.75, 3.05) is 0 Å². The Hall–Kier alpha value is 1.02. The zero-order valence-corrected chi connectivity index (χ0v) is 9.15. The summed E-state index contributed by atoms with van der Waals surface area (Å²) in [7, 11) is -4.61. The predicted octanol–water partition coefficient (Wildman–Crippen LogP) is -2.76. The van der Waals surface area contributed by atoms with Crippen molar-refractivity contribution in [2.45, 2.75) is 16.6 Å². The first-order valence-electron chi connectivity index (χ1n) is 2.92. The topological polar surface area (TPSA) is 107 Å². The molecule has 0 aliphatic carbocycles. The van der Waals surface area contributed by atoms with Gasteiger partial charge in [0.1, 0.15) is 0 Å². The quantitative estimate of drug-likeness (QED) is 0.279. The molecule has 0 radical (unpaired) electrons. The third-order valence-corrected chi connectivity index (χ3v) is 1.46. The van der Waals surface area contributed by atoms with E-state index in [9.17, 15) is 0 Å². The molecule has 0 spiro atoms. The fraction of sp³-hybridized carbons (Fsp3) is 1.00. The molecule has 0 aliphatic rings. The predicted molar refractivity (Wildman–Crippen MR) is 38.6 cm³/mol. The molecule has 0 fully saturated rings. The van der Waals surface area contributed by atoms with Crippen LogP contribution < -0.4 is 5.73 Å². The van der Waals surface area contributed by atoms with Crippen molar-refractivity contribution in [1.29, 1.82) is 0 Å². The van der Waals surface area contributed by atoms with Crippen LogP contribution in [-0.2, 0) is 0 Å². The zero-order chi connectivity index (χ0) is 8.78. The van der Waals surface area contributed by atoms with Gasteiger partial charge in [0.15, 0.2) is 0 Å². The summed E-state index contributed by atoms with van der Waals surface area (Å²) in [5.41, 5.74) is 5.35. The Bertz CT molecular complexity index is 69.4. The Labute approximate surface area is 78.4 Å². The summed E-state index contributed by atoms with van der Waals surface area (Å²) < 4.78 is 0.523. The van der Waals surface area contributed by atoms with E-state index in [-0.39, 0.29) is 0 Å². The molecular weight excluding hydrogens is 165 g/mol. The van der Waals surface area contributed by atoms with E-state index in [2.05, 4.69) is 6.92 Å². The van der Waals surface area contributed by atoms with E-state index in [0.717, 1.165) is 34.4 Å². The molecule has 58 valence electrons. The second-order valence-electron chi connectivity index (χ2n) is 1.99. The maximum Gasteiger partial charge on any atom is 0.668 e. The third kappa shape index (κ3) is 63.7. The van der Waals surface area contributed by atoms with Gasteiger partial charge in [-0.25, -0.2) is 0 Å². The van der Waals surface area contributed by atoms with E-state index < -0.39 is 9.05 Å². The molecular formula is C3H12NNaO4Si. The number of hydrogen-bond donors (Lipinski definition) is 5. The van der Waals surface area contributed by atoms with E-state index >= 15 is 0 Å². The third-order valence-electron chi connectivity index (χ3n) is 0.644. The van der Waals surface area contributed by atoms with Crippen molar-refractivity contribution >= 4 is 37.0 Å². The van der Waals surface area contributed by atoms with Crippen LogP contribution in [0.2, 0.25) is 0 Å². The Kier molecular flexibility index (Phi) is 9.12. The van der Waals surface area contributed by atoms with Crippen molar-refractivity contribution in [3.05, 3.63) is 0 Å². The van der Waals surface area contributed by atoms with Gasteiger partial charge < -0.3 is 19.2 Å². The van der Waals surface area contributed by atoms with Gasteiger partial charge in [0, 0.05) is 0 Å². The molecule has 0 aromatic carbocycles. The average Bonchev–Trinajstić information content (AvgIpc) is 1.61. The van der Waals surface area contributed by atoms with Crippen LogP contribution in [0.5, 0.6) is 0 Å². The molecule has 0 aromatic heterocycles. The zero-order valence-electron chi connectivity index (χ0n) is 6.15. The summed E-state index contributed by atoms with van der Waals surface area (Å²) in [6.07, 6.45) is 1.15. The number of rotatable bonds is 1. The van der Waals surface area contributed by atoms with Gasteiger partial charge in [-0.3, -0.25) is 0 Å². The Morgan fingerprint density at radius 1 is 1.40 bits per heavy atom.